The molecule has 2 N–H and O–H groups in total. The number of amides is 1. The predicted octanol–water partition coefficient (Wildman–Crippen LogP) is 0.307. The standard InChI is InChI=1S/C15H23N3O2/c19-13-15(20)16-7-4-8-17-9-11-18(12-10-17)14-5-2-1-3-6-14/h1-3,5-6,19H,4,7-13H2,(H,16,20). The van der Waals surface area contributed by atoms with Gasteiger partial charge in [0.1, 0.15) is 6.61 Å². The summed E-state index contributed by atoms with van der Waals surface area (Å²) < 4.78 is 0. The average molecular weight is 277 g/mol. The molecule has 0 bridgehead atoms. The van der Waals surface area contributed by atoms with E-state index in [0.717, 1.165) is 39.1 Å². The Bertz CT molecular complexity index is 403. The van der Waals surface area contributed by atoms with Crippen LogP contribution in [0.1, 0.15) is 6.42 Å². The number of nitrogens with one attached hydrogen (secondary N) is 1. The molecule has 1 heterocycles. The van der Waals surface area contributed by atoms with Crippen molar-refractivity contribution < 1.29 is 9.90 Å². The minimum absolute atomic E-state index is 0.293. The van der Waals surface area contributed by atoms with Gasteiger partial charge in [-0.05, 0) is 25.1 Å². The van der Waals surface area contributed by atoms with Gasteiger partial charge in [0.15, 0.2) is 0 Å². The summed E-state index contributed by atoms with van der Waals surface area (Å²) in [6, 6.07) is 10.5. The van der Waals surface area contributed by atoms with E-state index in [2.05, 4.69) is 39.4 Å². The molecule has 20 heavy (non-hydrogen) atoms. The fourth-order valence-electron chi connectivity index (χ4n) is 2.45. The SMILES string of the molecule is O=C(CO)NCCCN1CCN(c2ccccc2)CC1. The summed E-state index contributed by atoms with van der Waals surface area (Å²) in [5, 5.41) is 11.3. The van der Waals surface area contributed by atoms with E-state index in [-0.39, 0.29) is 5.91 Å². The number of aliphatic hydroxyl groups is 1. The molecule has 1 fully saturated rings. The minimum Gasteiger partial charge on any atom is -0.387 e. The molecule has 0 spiro atoms. The van der Waals surface area contributed by atoms with Gasteiger partial charge in [-0.2, -0.15) is 0 Å². The van der Waals surface area contributed by atoms with E-state index < -0.39 is 6.61 Å². The molecule has 0 unspecified atom stereocenters. The van der Waals surface area contributed by atoms with E-state index in [1.165, 1.54) is 5.69 Å². The van der Waals surface area contributed by atoms with Gasteiger partial charge >= 0.3 is 0 Å². The first-order valence-electron chi connectivity index (χ1n) is 7.19. The maximum Gasteiger partial charge on any atom is 0.245 e. The van der Waals surface area contributed by atoms with Gasteiger partial charge in [0.25, 0.3) is 0 Å². The van der Waals surface area contributed by atoms with Gasteiger partial charge in [-0.1, -0.05) is 18.2 Å². The predicted molar refractivity (Wildman–Crippen MR) is 79.8 cm³/mol. The Morgan fingerprint density at radius 3 is 2.50 bits per heavy atom. The normalized spacial score (nSPS) is 16.1. The number of carbonyl (C=O) groups is 1. The second-order valence-electron chi connectivity index (χ2n) is 5.03. The number of piperazine rings is 1. The van der Waals surface area contributed by atoms with Gasteiger partial charge in [0.05, 0.1) is 0 Å². The summed E-state index contributed by atoms with van der Waals surface area (Å²) in [5.74, 6) is -0.293. The van der Waals surface area contributed by atoms with Crippen molar-refractivity contribution in [3.8, 4) is 0 Å². The average Bonchev–Trinajstić information content (AvgIpc) is 2.52. The third-order valence-corrected chi connectivity index (χ3v) is 3.61. The Hall–Kier alpha value is -1.59. The van der Waals surface area contributed by atoms with Crippen LogP contribution in [0.15, 0.2) is 30.3 Å². The van der Waals surface area contributed by atoms with Gasteiger partial charge in [0, 0.05) is 38.4 Å². The van der Waals surface area contributed by atoms with E-state index in [9.17, 15) is 4.79 Å². The lowest BCUT2D eigenvalue weighted by Crippen LogP contribution is -2.47. The Labute approximate surface area is 120 Å². The molecule has 2 rings (SSSR count). The zero-order chi connectivity index (χ0) is 14.2. The van der Waals surface area contributed by atoms with Crippen molar-refractivity contribution in [2.24, 2.45) is 0 Å². The van der Waals surface area contributed by atoms with Gasteiger partial charge < -0.3 is 15.3 Å². The molecule has 5 heteroatoms. The van der Waals surface area contributed by atoms with Crippen LogP contribution in [0.4, 0.5) is 5.69 Å². The van der Waals surface area contributed by atoms with Crippen LogP contribution in [0.3, 0.4) is 0 Å². The van der Waals surface area contributed by atoms with Crippen LogP contribution in [0, 0.1) is 0 Å². The van der Waals surface area contributed by atoms with Crippen LogP contribution in [-0.4, -0.2) is 61.8 Å². The molecule has 1 aromatic rings. The molecule has 0 saturated carbocycles. The number of nitrogens with zero attached hydrogens (tertiary/aromatic N) is 2. The van der Waals surface area contributed by atoms with Crippen LogP contribution in [0.25, 0.3) is 0 Å². The topological polar surface area (TPSA) is 55.8 Å². The quantitative estimate of drug-likeness (QED) is 0.735. The lowest BCUT2D eigenvalue weighted by molar-refractivity contribution is -0.123. The number of hydrogen-bond acceptors (Lipinski definition) is 4. The first-order chi connectivity index (χ1) is 9.79. The Morgan fingerprint density at radius 1 is 1.15 bits per heavy atom. The fourth-order valence-corrected chi connectivity index (χ4v) is 2.45. The number of rotatable bonds is 6. The molecule has 5 nitrogen and oxygen atoms in total. The summed E-state index contributed by atoms with van der Waals surface area (Å²) in [6.07, 6.45) is 0.928. The number of aliphatic hydroxyl groups excluding tert-OH is 1. The van der Waals surface area contributed by atoms with Crippen LogP contribution in [0.2, 0.25) is 0 Å². The van der Waals surface area contributed by atoms with Crippen LogP contribution in [-0.2, 0) is 4.79 Å². The van der Waals surface area contributed by atoms with Crippen LogP contribution < -0.4 is 10.2 Å². The van der Waals surface area contributed by atoms with Crippen molar-refractivity contribution in [1.29, 1.82) is 0 Å². The van der Waals surface area contributed by atoms with E-state index in [4.69, 9.17) is 5.11 Å². The van der Waals surface area contributed by atoms with Gasteiger partial charge in [-0.25, -0.2) is 0 Å². The summed E-state index contributed by atoms with van der Waals surface area (Å²) >= 11 is 0. The highest BCUT2D eigenvalue weighted by Crippen LogP contribution is 2.15. The highest BCUT2D eigenvalue weighted by Gasteiger charge is 2.16. The fraction of sp³-hybridized carbons (Fsp3) is 0.533. The molecular formula is C15H23N3O2. The molecule has 0 aromatic heterocycles. The van der Waals surface area contributed by atoms with E-state index in [1.54, 1.807) is 0 Å². The molecular weight excluding hydrogens is 254 g/mol. The smallest absolute Gasteiger partial charge is 0.245 e. The molecule has 110 valence electrons. The van der Waals surface area contributed by atoms with E-state index in [0.29, 0.717) is 6.54 Å². The van der Waals surface area contributed by atoms with Crippen molar-refractivity contribution in [3.63, 3.8) is 0 Å². The number of anilines is 1. The molecule has 0 atom stereocenters. The first-order valence-corrected chi connectivity index (χ1v) is 7.19. The zero-order valence-electron chi connectivity index (χ0n) is 11.8. The van der Waals surface area contributed by atoms with E-state index in [1.807, 2.05) is 6.07 Å². The highest BCUT2D eigenvalue weighted by atomic mass is 16.3. The Balaban J connectivity index is 1.63. The zero-order valence-corrected chi connectivity index (χ0v) is 11.8. The summed E-state index contributed by atoms with van der Waals surface area (Å²) in [7, 11) is 0. The maximum absolute atomic E-state index is 10.9. The monoisotopic (exact) mass is 277 g/mol. The van der Waals surface area contributed by atoms with Crippen LogP contribution >= 0.6 is 0 Å². The number of benzene rings is 1. The number of para-hydroxylation sites is 1. The second-order valence-corrected chi connectivity index (χ2v) is 5.03. The number of hydrogen-bond donors (Lipinski definition) is 2. The second kappa shape index (κ2) is 7.87. The molecule has 0 aliphatic carbocycles. The maximum atomic E-state index is 10.9. The molecule has 1 amide bonds. The van der Waals surface area contributed by atoms with Gasteiger partial charge in [-0.15, -0.1) is 0 Å². The lowest BCUT2D eigenvalue weighted by Gasteiger charge is -2.36. The minimum atomic E-state index is -0.421. The molecule has 1 saturated heterocycles. The van der Waals surface area contributed by atoms with Crippen molar-refractivity contribution in [1.82, 2.24) is 10.2 Å². The molecule has 0 radical (unpaired) electrons. The highest BCUT2D eigenvalue weighted by molar-refractivity contribution is 5.76. The summed E-state index contributed by atoms with van der Waals surface area (Å²) in [6.45, 7) is 5.42. The molecule has 1 aliphatic rings. The third-order valence-electron chi connectivity index (χ3n) is 3.61. The summed E-state index contributed by atoms with van der Waals surface area (Å²) in [5.41, 5.74) is 1.29. The van der Waals surface area contributed by atoms with Crippen molar-refractivity contribution in [2.75, 3.05) is 50.8 Å². The Morgan fingerprint density at radius 2 is 1.85 bits per heavy atom. The van der Waals surface area contributed by atoms with Crippen molar-refractivity contribution in [2.45, 2.75) is 6.42 Å². The van der Waals surface area contributed by atoms with E-state index >= 15 is 0 Å². The molecule has 1 aliphatic heterocycles. The lowest BCUT2D eigenvalue weighted by atomic mass is 10.2. The first kappa shape index (κ1) is 14.8. The summed E-state index contributed by atoms with van der Waals surface area (Å²) in [4.78, 5) is 15.7. The molecule has 1 aromatic carbocycles. The van der Waals surface area contributed by atoms with Crippen molar-refractivity contribution in [3.05, 3.63) is 30.3 Å². The Kier molecular flexibility index (Phi) is 5.83. The number of carbonyl (C=O) groups excluding carboxylic acids is 1. The van der Waals surface area contributed by atoms with Gasteiger partial charge in [-0.3, -0.25) is 9.69 Å². The van der Waals surface area contributed by atoms with Crippen LogP contribution in [0.5, 0.6) is 0 Å². The van der Waals surface area contributed by atoms with Crippen molar-refractivity contribution >= 4 is 11.6 Å². The third kappa shape index (κ3) is 4.51. The largest absolute Gasteiger partial charge is 0.387 e. The van der Waals surface area contributed by atoms with Gasteiger partial charge in [0.2, 0.25) is 5.91 Å².